The summed E-state index contributed by atoms with van der Waals surface area (Å²) in [6.45, 7) is 1.78. The summed E-state index contributed by atoms with van der Waals surface area (Å²) in [6, 6.07) is 18.5. The summed E-state index contributed by atoms with van der Waals surface area (Å²) in [5.74, 6) is -0.670. The van der Waals surface area contributed by atoms with E-state index in [1.165, 1.54) is 23.8 Å². The molecule has 0 aromatic heterocycles. The topological polar surface area (TPSA) is 58.2 Å². The van der Waals surface area contributed by atoms with Crippen LogP contribution in [0.4, 0.5) is 15.8 Å². The second-order valence-corrected chi connectivity index (χ2v) is 7.38. The molecule has 29 heavy (non-hydrogen) atoms. The van der Waals surface area contributed by atoms with Crippen LogP contribution in [0.1, 0.15) is 31.8 Å². The van der Waals surface area contributed by atoms with Crippen LogP contribution in [0.5, 0.6) is 0 Å². The van der Waals surface area contributed by atoms with Gasteiger partial charge in [-0.1, -0.05) is 36.4 Å². The summed E-state index contributed by atoms with van der Waals surface area (Å²) in [6.07, 6.45) is 2.03. The molecule has 0 saturated heterocycles. The molecule has 0 bridgehead atoms. The second kappa shape index (κ2) is 9.39. The molecule has 0 fully saturated rings. The van der Waals surface area contributed by atoms with Crippen LogP contribution in [-0.2, 0) is 5.75 Å². The highest BCUT2D eigenvalue weighted by Crippen LogP contribution is 2.23. The summed E-state index contributed by atoms with van der Waals surface area (Å²) in [5, 5.41) is 5.53. The number of benzene rings is 3. The Bertz CT molecular complexity index is 1040. The molecule has 2 amide bonds. The van der Waals surface area contributed by atoms with Gasteiger partial charge in [0.2, 0.25) is 0 Å². The average molecular weight is 408 g/mol. The number of hydrogen-bond donors (Lipinski definition) is 2. The third-order valence-corrected chi connectivity index (χ3v) is 5.02. The van der Waals surface area contributed by atoms with E-state index in [2.05, 4.69) is 10.6 Å². The molecule has 0 heterocycles. The molecule has 0 aliphatic rings. The minimum absolute atomic E-state index is 0.0773. The molecule has 148 valence electrons. The lowest BCUT2D eigenvalue weighted by molar-refractivity contribution is 0.102. The predicted molar refractivity (Wildman–Crippen MR) is 117 cm³/mol. The van der Waals surface area contributed by atoms with Gasteiger partial charge in [0.05, 0.1) is 16.8 Å². The molecule has 0 spiro atoms. The highest BCUT2D eigenvalue weighted by Gasteiger charge is 2.18. The molecule has 0 unspecified atom stereocenters. The van der Waals surface area contributed by atoms with E-state index in [4.69, 9.17) is 0 Å². The number of carbonyl (C=O) groups excluding carboxylic acids is 2. The zero-order valence-corrected chi connectivity index (χ0v) is 17.0. The van der Waals surface area contributed by atoms with Crippen LogP contribution in [0.15, 0.2) is 66.7 Å². The summed E-state index contributed by atoms with van der Waals surface area (Å²) in [7, 11) is 0. The summed E-state index contributed by atoms with van der Waals surface area (Å²) in [4.78, 5) is 25.4. The maximum atomic E-state index is 13.9. The van der Waals surface area contributed by atoms with Gasteiger partial charge in [0, 0.05) is 11.4 Å². The van der Waals surface area contributed by atoms with Gasteiger partial charge < -0.3 is 10.6 Å². The van der Waals surface area contributed by atoms with Crippen LogP contribution in [-0.4, -0.2) is 18.1 Å². The molecule has 0 aliphatic heterocycles. The zero-order valence-electron chi connectivity index (χ0n) is 16.2. The molecule has 3 aromatic carbocycles. The van der Waals surface area contributed by atoms with Gasteiger partial charge in [0.1, 0.15) is 5.82 Å². The fourth-order valence-corrected chi connectivity index (χ4v) is 3.42. The molecular weight excluding hydrogens is 387 g/mol. The molecule has 0 saturated carbocycles. The van der Waals surface area contributed by atoms with E-state index < -0.39 is 11.7 Å². The van der Waals surface area contributed by atoms with E-state index in [0.717, 1.165) is 5.75 Å². The monoisotopic (exact) mass is 408 g/mol. The minimum Gasteiger partial charge on any atom is -0.322 e. The number of nitrogens with one attached hydrogen (secondary N) is 2. The Morgan fingerprint density at radius 2 is 1.52 bits per heavy atom. The number of rotatable bonds is 6. The third kappa shape index (κ3) is 5.03. The molecule has 2 N–H and O–H groups in total. The van der Waals surface area contributed by atoms with Crippen LogP contribution in [0, 0.1) is 12.7 Å². The van der Waals surface area contributed by atoms with Crippen molar-refractivity contribution in [3.05, 3.63) is 94.8 Å². The summed E-state index contributed by atoms with van der Waals surface area (Å²) < 4.78 is 13.9. The number of carbonyl (C=O) groups is 2. The van der Waals surface area contributed by atoms with Gasteiger partial charge in [-0.15, -0.1) is 0 Å². The Morgan fingerprint density at radius 3 is 2.21 bits per heavy atom. The van der Waals surface area contributed by atoms with Crippen LogP contribution < -0.4 is 10.6 Å². The van der Waals surface area contributed by atoms with Crippen molar-refractivity contribution >= 4 is 35.0 Å². The molecule has 0 radical (unpaired) electrons. The second-order valence-electron chi connectivity index (χ2n) is 6.52. The van der Waals surface area contributed by atoms with Crippen molar-refractivity contribution in [1.29, 1.82) is 0 Å². The Morgan fingerprint density at radius 1 is 0.862 bits per heavy atom. The van der Waals surface area contributed by atoms with Crippen molar-refractivity contribution in [3.8, 4) is 0 Å². The lowest BCUT2D eigenvalue weighted by Gasteiger charge is -2.14. The number of anilines is 2. The first kappa shape index (κ1) is 20.6. The lowest BCUT2D eigenvalue weighted by Crippen LogP contribution is -2.20. The van der Waals surface area contributed by atoms with E-state index in [1.54, 1.807) is 43.0 Å². The smallest absolute Gasteiger partial charge is 0.258 e. The fourth-order valence-electron chi connectivity index (χ4n) is 2.90. The summed E-state index contributed by atoms with van der Waals surface area (Å²) >= 11 is 1.73. The van der Waals surface area contributed by atoms with Crippen molar-refractivity contribution in [1.82, 2.24) is 0 Å². The third-order valence-electron chi connectivity index (χ3n) is 4.40. The maximum Gasteiger partial charge on any atom is 0.258 e. The zero-order chi connectivity index (χ0) is 20.8. The maximum absolute atomic E-state index is 13.9. The first-order valence-electron chi connectivity index (χ1n) is 9.04. The molecule has 6 heteroatoms. The lowest BCUT2D eigenvalue weighted by atomic mass is 10.1. The number of hydrogen-bond acceptors (Lipinski definition) is 3. The Hall–Kier alpha value is -3.12. The standard InChI is InChI=1S/C23H21FN2O2S/c1-15-6-5-8-19(21(15)26-22(27)18-7-3-4-9-20(18)24)23(28)25-17-12-10-16(11-13-17)14-29-2/h3-13H,14H2,1-2H3,(H,25,28)(H,26,27). The van der Waals surface area contributed by atoms with Crippen molar-refractivity contribution < 1.29 is 14.0 Å². The van der Waals surface area contributed by atoms with E-state index in [0.29, 0.717) is 22.5 Å². The highest BCUT2D eigenvalue weighted by atomic mass is 32.2. The van der Waals surface area contributed by atoms with Crippen LogP contribution in [0.3, 0.4) is 0 Å². The van der Waals surface area contributed by atoms with E-state index >= 15 is 0 Å². The molecule has 4 nitrogen and oxygen atoms in total. The van der Waals surface area contributed by atoms with Gasteiger partial charge in [-0.25, -0.2) is 4.39 Å². The quantitative estimate of drug-likeness (QED) is 0.566. The van der Waals surface area contributed by atoms with E-state index in [-0.39, 0.29) is 11.5 Å². The first-order valence-corrected chi connectivity index (χ1v) is 10.4. The molecule has 3 aromatic rings. The Labute approximate surface area is 173 Å². The minimum atomic E-state index is -0.616. The van der Waals surface area contributed by atoms with Crippen molar-refractivity contribution in [2.24, 2.45) is 0 Å². The molecule has 0 aliphatic carbocycles. The molecule has 0 atom stereocenters. The van der Waals surface area contributed by atoms with Crippen LogP contribution >= 0.6 is 11.8 Å². The average Bonchev–Trinajstić information content (AvgIpc) is 2.71. The molecular formula is C23H21FN2O2S. The van der Waals surface area contributed by atoms with Gasteiger partial charge >= 0.3 is 0 Å². The number of halogens is 1. The van der Waals surface area contributed by atoms with Crippen molar-refractivity contribution in [2.75, 3.05) is 16.9 Å². The predicted octanol–water partition coefficient (Wildman–Crippen LogP) is 5.50. The van der Waals surface area contributed by atoms with Crippen LogP contribution in [0.25, 0.3) is 0 Å². The highest BCUT2D eigenvalue weighted by molar-refractivity contribution is 7.97. The Balaban J connectivity index is 1.83. The number of aryl methyl sites for hydroxylation is 1. The normalized spacial score (nSPS) is 10.4. The van der Waals surface area contributed by atoms with Gasteiger partial charge in [-0.2, -0.15) is 11.8 Å². The van der Waals surface area contributed by atoms with Crippen molar-refractivity contribution in [3.63, 3.8) is 0 Å². The molecule has 3 rings (SSSR count). The number of thioether (sulfide) groups is 1. The van der Waals surface area contributed by atoms with Gasteiger partial charge in [0.15, 0.2) is 0 Å². The largest absolute Gasteiger partial charge is 0.322 e. The van der Waals surface area contributed by atoms with Crippen molar-refractivity contribution in [2.45, 2.75) is 12.7 Å². The fraction of sp³-hybridized carbons (Fsp3) is 0.130. The Kier molecular flexibility index (Phi) is 6.67. The number of amides is 2. The summed E-state index contributed by atoms with van der Waals surface area (Å²) in [5.41, 5.74) is 3.13. The SMILES string of the molecule is CSCc1ccc(NC(=O)c2cccc(C)c2NC(=O)c2ccccc2F)cc1. The van der Waals surface area contributed by atoms with Gasteiger partial charge in [-0.05, 0) is 54.6 Å². The first-order chi connectivity index (χ1) is 14.0. The van der Waals surface area contributed by atoms with Crippen LogP contribution in [0.2, 0.25) is 0 Å². The number of para-hydroxylation sites is 1. The van der Waals surface area contributed by atoms with E-state index in [9.17, 15) is 14.0 Å². The van der Waals surface area contributed by atoms with Gasteiger partial charge in [0.25, 0.3) is 11.8 Å². The van der Waals surface area contributed by atoms with E-state index in [1.807, 2.05) is 30.5 Å². The van der Waals surface area contributed by atoms with Gasteiger partial charge in [-0.3, -0.25) is 9.59 Å².